The van der Waals surface area contributed by atoms with Crippen LogP contribution in [-0.2, 0) is 0 Å². The zero-order valence-electron chi connectivity index (χ0n) is 11.8. The molecule has 0 bridgehead atoms. The van der Waals surface area contributed by atoms with E-state index in [1.165, 1.54) is 18.5 Å². The molecule has 1 aromatic carbocycles. The van der Waals surface area contributed by atoms with Gasteiger partial charge in [0.05, 0.1) is 11.8 Å². The van der Waals surface area contributed by atoms with Crippen LogP contribution in [0.15, 0.2) is 36.7 Å². The Hall–Kier alpha value is -2.36. The summed E-state index contributed by atoms with van der Waals surface area (Å²) >= 11 is 0. The minimum Gasteiger partial charge on any atom is -0.505 e. The van der Waals surface area contributed by atoms with E-state index in [1.54, 1.807) is 0 Å². The summed E-state index contributed by atoms with van der Waals surface area (Å²) in [5.41, 5.74) is 3.10. The number of aromatic hydroxyl groups is 1. The van der Waals surface area contributed by atoms with E-state index < -0.39 is 0 Å². The van der Waals surface area contributed by atoms with Gasteiger partial charge < -0.3 is 10.4 Å². The van der Waals surface area contributed by atoms with Gasteiger partial charge in [-0.15, -0.1) is 0 Å². The molecule has 0 atom stereocenters. The third kappa shape index (κ3) is 2.79. The average Bonchev–Trinajstić information content (AvgIpc) is 2.41. The molecule has 4 heteroatoms. The van der Waals surface area contributed by atoms with Crippen molar-refractivity contribution in [3.63, 3.8) is 0 Å². The second-order valence-electron chi connectivity index (χ2n) is 5.04. The molecule has 2 N–H and O–H groups in total. The smallest absolute Gasteiger partial charge is 0.259 e. The highest BCUT2D eigenvalue weighted by molar-refractivity contribution is 6.06. The number of hydrogen-bond acceptors (Lipinski definition) is 3. The van der Waals surface area contributed by atoms with Crippen LogP contribution in [0.3, 0.4) is 0 Å². The van der Waals surface area contributed by atoms with Crippen LogP contribution in [0, 0.1) is 6.92 Å². The number of pyridine rings is 1. The molecule has 0 radical (unpaired) electrons. The Morgan fingerprint density at radius 3 is 2.70 bits per heavy atom. The minimum absolute atomic E-state index is 0.121. The van der Waals surface area contributed by atoms with E-state index in [0.717, 1.165) is 16.8 Å². The minimum atomic E-state index is -0.332. The predicted octanol–water partition coefficient (Wildman–Crippen LogP) is 3.47. The number of para-hydroxylation sites is 1. The summed E-state index contributed by atoms with van der Waals surface area (Å²) in [6, 6.07) is 7.43. The number of nitrogens with one attached hydrogen (secondary N) is 1. The van der Waals surface area contributed by atoms with Crippen molar-refractivity contribution in [2.45, 2.75) is 26.7 Å². The Kier molecular flexibility index (Phi) is 4.03. The molecular weight excluding hydrogens is 252 g/mol. The number of anilines is 1. The fraction of sp³-hybridized carbons (Fsp3) is 0.250. The van der Waals surface area contributed by atoms with Crippen LogP contribution < -0.4 is 5.32 Å². The van der Waals surface area contributed by atoms with E-state index in [2.05, 4.69) is 24.1 Å². The lowest BCUT2D eigenvalue weighted by Crippen LogP contribution is -2.15. The van der Waals surface area contributed by atoms with Gasteiger partial charge in [0.25, 0.3) is 5.91 Å². The largest absolute Gasteiger partial charge is 0.505 e. The Morgan fingerprint density at radius 1 is 1.30 bits per heavy atom. The van der Waals surface area contributed by atoms with Crippen LogP contribution in [0.5, 0.6) is 5.75 Å². The lowest BCUT2D eigenvalue weighted by atomic mass is 9.98. The Balaban J connectivity index is 2.36. The van der Waals surface area contributed by atoms with Crippen molar-refractivity contribution in [3.05, 3.63) is 53.3 Å². The lowest BCUT2D eigenvalue weighted by molar-refractivity contribution is 0.102. The fourth-order valence-electron chi connectivity index (χ4n) is 2.10. The number of carbonyl (C=O) groups is 1. The van der Waals surface area contributed by atoms with E-state index in [9.17, 15) is 9.90 Å². The maximum atomic E-state index is 12.3. The van der Waals surface area contributed by atoms with Crippen LogP contribution >= 0.6 is 0 Å². The van der Waals surface area contributed by atoms with Crippen molar-refractivity contribution < 1.29 is 9.90 Å². The first-order valence-corrected chi connectivity index (χ1v) is 6.54. The van der Waals surface area contributed by atoms with Crippen LogP contribution in [0.2, 0.25) is 0 Å². The van der Waals surface area contributed by atoms with Gasteiger partial charge in [-0.3, -0.25) is 9.78 Å². The lowest BCUT2D eigenvalue weighted by Gasteiger charge is -2.16. The van der Waals surface area contributed by atoms with Crippen LogP contribution in [0.25, 0.3) is 0 Å². The normalized spacial score (nSPS) is 10.6. The summed E-state index contributed by atoms with van der Waals surface area (Å²) < 4.78 is 0. The van der Waals surface area contributed by atoms with Crippen LogP contribution in [0.1, 0.15) is 41.3 Å². The monoisotopic (exact) mass is 270 g/mol. The average molecular weight is 270 g/mol. The van der Waals surface area contributed by atoms with E-state index in [1.807, 2.05) is 25.1 Å². The first kappa shape index (κ1) is 14.1. The highest BCUT2D eigenvalue weighted by Crippen LogP contribution is 2.28. The number of rotatable bonds is 3. The summed E-state index contributed by atoms with van der Waals surface area (Å²) in [6.45, 7) is 6.11. The van der Waals surface area contributed by atoms with Gasteiger partial charge in [0.2, 0.25) is 0 Å². The molecule has 0 spiro atoms. The molecule has 4 nitrogen and oxygen atoms in total. The number of benzene rings is 1. The van der Waals surface area contributed by atoms with Crippen LogP contribution in [0.4, 0.5) is 5.69 Å². The number of nitrogens with zero attached hydrogens (tertiary/aromatic N) is 1. The van der Waals surface area contributed by atoms with Gasteiger partial charge in [0, 0.05) is 11.9 Å². The first-order valence-electron chi connectivity index (χ1n) is 6.54. The summed E-state index contributed by atoms with van der Waals surface area (Å²) in [6.07, 6.45) is 2.74. The maximum absolute atomic E-state index is 12.3. The second-order valence-corrected chi connectivity index (χ2v) is 5.04. The predicted molar refractivity (Wildman–Crippen MR) is 79.1 cm³/mol. The molecule has 1 amide bonds. The van der Waals surface area contributed by atoms with Gasteiger partial charge in [-0.2, -0.15) is 0 Å². The van der Waals surface area contributed by atoms with Gasteiger partial charge in [0.15, 0.2) is 0 Å². The zero-order valence-corrected chi connectivity index (χ0v) is 11.8. The molecule has 104 valence electrons. The molecule has 0 aliphatic carbocycles. The molecule has 0 aliphatic heterocycles. The van der Waals surface area contributed by atoms with Crippen molar-refractivity contribution >= 4 is 11.6 Å². The van der Waals surface area contributed by atoms with E-state index >= 15 is 0 Å². The van der Waals surface area contributed by atoms with Crippen molar-refractivity contribution in [3.8, 4) is 5.75 Å². The van der Waals surface area contributed by atoms with Crippen molar-refractivity contribution in [2.75, 3.05) is 5.32 Å². The second kappa shape index (κ2) is 5.74. The molecule has 0 saturated heterocycles. The summed E-state index contributed by atoms with van der Waals surface area (Å²) in [5.74, 6) is -0.151. The Bertz CT molecular complexity index is 636. The topological polar surface area (TPSA) is 62.2 Å². The molecule has 2 aromatic rings. The Labute approximate surface area is 118 Å². The molecule has 0 unspecified atom stereocenters. The van der Waals surface area contributed by atoms with Crippen molar-refractivity contribution in [1.29, 1.82) is 0 Å². The first-order chi connectivity index (χ1) is 9.50. The standard InChI is InChI=1S/C16H18N2O2/c1-10(2)12-6-4-5-11(3)15(12)18-16(20)13-7-8-17-9-14(13)19/h4-10,19H,1-3H3,(H,18,20). The SMILES string of the molecule is Cc1cccc(C(C)C)c1NC(=O)c1ccncc1O. The van der Waals surface area contributed by atoms with E-state index in [4.69, 9.17) is 0 Å². The number of carbonyl (C=O) groups excluding carboxylic acids is 1. The molecule has 2 rings (SSSR count). The molecule has 1 aromatic heterocycles. The summed E-state index contributed by atoms with van der Waals surface area (Å²) in [5, 5.41) is 12.6. The zero-order chi connectivity index (χ0) is 14.7. The molecule has 0 saturated carbocycles. The molecule has 0 fully saturated rings. The quantitative estimate of drug-likeness (QED) is 0.897. The van der Waals surface area contributed by atoms with Crippen molar-refractivity contribution in [2.24, 2.45) is 0 Å². The number of aryl methyl sites for hydroxylation is 1. The summed E-state index contributed by atoms with van der Waals surface area (Å²) in [7, 11) is 0. The van der Waals surface area contributed by atoms with E-state index in [-0.39, 0.29) is 17.2 Å². The van der Waals surface area contributed by atoms with Gasteiger partial charge in [-0.1, -0.05) is 32.0 Å². The van der Waals surface area contributed by atoms with Gasteiger partial charge in [-0.05, 0) is 30.0 Å². The highest BCUT2D eigenvalue weighted by Gasteiger charge is 2.15. The van der Waals surface area contributed by atoms with Gasteiger partial charge in [-0.25, -0.2) is 0 Å². The molecule has 20 heavy (non-hydrogen) atoms. The summed E-state index contributed by atoms with van der Waals surface area (Å²) in [4.78, 5) is 16.0. The number of hydrogen-bond donors (Lipinski definition) is 2. The molecule has 1 heterocycles. The highest BCUT2D eigenvalue weighted by atomic mass is 16.3. The van der Waals surface area contributed by atoms with Gasteiger partial charge >= 0.3 is 0 Å². The maximum Gasteiger partial charge on any atom is 0.259 e. The van der Waals surface area contributed by atoms with Crippen LogP contribution in [-0.4, -0.2) is 16.0 Å². The molecule has 0 aliphatic rings. The Morgan fingerprint density at radius 2 is 2.05 bits per heavy atom. The third-order valence-electron chi connectivity index (χ3n) is 3.21. The molecular formula is C16H18N2O2. The van der Waals surface area contributed by atoms with Gasteiger partial charge in [0.1, 0.15) is 5.75 Å². The fourth-order valence-corrected chi connectivity index (χ4v) is 2.10. The van der Waals surface area contributed by atoms with E-state index in [0.29, 0.717) is 5.92 Å². The van der Waals surface area contributed by atoms with Crippen molar-refractivity contribution in [1.82, 2.24) is 4.98 Å². The number of aromatic nitrogens is 1. The third-order valence-corrected chi connectivity index (χ3v) is 3.21. The number of amides is 1.